The Hall–Kier alpha value is -1.39. The van der Waals surface area contributed by atoms with E-state index in [1.165, 1.54) is 12.3 Å². The largest absolute Gasteiger partial charge is 0.441 e. The normalized spacial score (nSPS) is 10.7. The fourth-order valence-electron chi connectivity index (χ4n) is 1.37. The second kappa shape index (κ2) is 4.63. The van der Waals surface area contributed by atoms with Crippen LogP contribution in [0.5, 0.6) is 0 Å². The van der Waals surface area contributed by atoms with Crippen LogP contribution in [0.2, 0.25) is 5.02 Å². The van der Waals surface area contributed by atoms with Gasteiger partial charge in [0.05, 0.1) is 11.2 Å². The van der Waals surface area contributed by atoms with Gasteiger partial charge in [0, 0.05) is 18.5 Å². The Bertz CT molecular complexity index is 498. The van der Waals surface area contributed by atoms with Crippen LogP contribution in [0.25, 0.3) is 11.3 Å². The molecule has 16 heavy (non-hydrogen) atoms. The lowest BCUT2D eigenvalue weighted by atomic mass is 10.2. The fraction of sp³-hybridized carbons (Fsp3) is 0.182. The number of aromatic nitrogens is 1. The summed E-state index contributed by atoms with van der Waals surface area (Å²) < 4.78 is 18.6. The zero-order valence-electron chi connectivity index (χ0n) is 8.41. The molecule has 3 nitrogen and oxygen atoms in total. The Kier molecular flexibility index (Phi) is 3.22. The van der Waals surface area contributed by atoms with Crippen molar-refractivity contribution >= 4 is 11.6 Å². The minimum absolute atomic E-state index is 0.0398. The summed E-state index contributed by atoms with van der Waals surface area (Å²) in [6.45, 7) is 0.455. The Morgan fingerprint density at radius 1 is 1.44 bits per heavy atom. The van der Waals surface area contributed by atoms with Crippen molar-refractivity contribution in [2.24, 2.45) is 5.73 Å². The predicted octanol–water partition coefficient (Wildman–Crippen LogP) is 2.64. The first-order valence-corrected chi connectivity index (χ1v) is 5.19. The van der Waals surface area contributed by atoms with Crippen molar-refractivity contribution in [2.45, 2.75) is 6.42 Å². The van der Waals surface area contributed by atoms with Crippen molar-refractivity contribution in [3.8, 4) is 11.3 Å². The highest BCUT2D eigenvalue weighted by molar-refractivity contribution is 6.33. The van der Waals surface area contributed by atoms with E-state index in [2.05, 4.69) is 4.98 Å². The molecule has 0 radical (unpaired) electrons. The molecule has 5 heteroatoms. The number of rotatable bonds is 3. The molecule has 0 unspecified atom stereocenters. The number of halogens is 2. The number of hydrogen-bond donors (Lipinski definition) is 1. The summed E-state index contributed by atoms with van der Waals surface area (Å²) in [6, 6.07) is 4.54. The summed E-state index contributed by atoms with van der Waals surface area (Å²) in [4.78, 5) is 4.03. The SMILES string of the molecule is NCCc1ncc(-c2cccc(F)c2Cl)o1. The molecule has 84 valence electrons. The summed E-state index contributed by atoms with van der Waals surface area (Å²) in [7, 11) is 0. The van der Waals surface area contributed by atoms with Gasteiger partial charge in [-0.1, -0.05) is 17.7 Å². The topological polar surface area (TPSA) is 52.0 Å². The average molecular weight is 241 g/mol. The van der Waals surface area contributed by atoms with Crippen LogP contribution in [0.4, 0.5) is 4.39 Å². The van der Waals surface area contributed by atoms with Crippen molar-refractivity contribution in [3.05, 3.63) is 41.1 Å². The highest BCUT2D eigenvalue weighted by atomic mass is 35.5. The van der Waals surface area contributed by atoms with Crippen molar-refractivity contribution in [1.82, 2.24) is 4.98 Å². The molecule has 0 saturated carbocycles. The molecular formula is C11H10ClFN2O. The molecule has 0 fully saturated rings. The Labute approximate surface area is 97.0 Å². The Morgan fingerprint density at radius 3 is 3.00 bits per heavy atom. The highest BCUT2D eigenvalue weighted by Gasteiger charge is 2.12. The first kappa shape index (κ1) is 11.1. The fourth-order valence-corrected chi connectivity index (χ4v) is 1.59. The molecule has 1 aromatic heterocycles. The first-order valence-electron chi connectivity index (χ1n) is 4.81. The van der Waals surface area contributed by atoms with Crippen molar-refractivity contribution in [3.63, 3.8) is 0 Å². The van der Waals surface area contributed by atoms with Crippen LogP contribution in [0, 0.1) is 5.82 Å². The third-order valence-corrected chi connectivity index (χ3v) is 2.51. The summed E-state index contributed by atoms with van der Waals surface area (Å²) in [6.07, 6.45) is 2.07. The van der Waals surface area contributed by atoms with Gasteiger partial charge in [-0.25, -0.2) is 9.37 Å². The Balaban J connectivity index is 2.39. The maximum atomic E-state index is 13.2. The number of nitrogens with zero attached hydrogens (tertiary/aromatic N) is 1. The molecule has 2 aromatic rings. The van der Waals surface area contributed by atoms with Crippen molar-refractivity contribution < 1.29 is 8.81 Å². The third kappa shape index (κ3) is 2.08. The lowest BCUT2D eigenvalue weighted by Gasteiger charge is -2.00. The van der Waals surface area contributed by atoms with Crippen LogP contribution in [-0.2, 0) is 6.42 Å². The molecule has 0 aliphatic heterocycles. The van der Waals surface area contributed by atoms with Gasteiger partial charge < -0.3 is 10.2 Å². The molecule has 0 atom stereocenters. The lowest BCUT2D eigenvalue weighted by molar-refractivity contribution is 0.507. The molecule has 0 amide bonds. The third-order valence-electron chi connectivity index (χ3n) is 2.13. The van der Waals surface area contributed by atoms with E-state index in [4.69, 9.17) is 21.8 Å². The van der Waals surface area contributed by atoms with E-state index in [1.807, 2.05) is 0 Å². The van der Waals surface area contributed by atoms with Gasteiger partial charge in [-0.2, -0.15) is 0 Å². The van der Waals surface area contributed by atoms with Gasteiger partial charge >= 0.3 is 0 Å². The van der Waals surface area contributed by atoms with Gasteiger partial charge in [-0.05, 0) is 12.1 Å². The van der Waals surface area contributed by atoms with E-state index in [1.54, 1.807) is 12.1 Å². The second-order valence-corrected chi connectivity index (χ2v) is 3.64. The molecule has 0 spiro atoms. The molecule has 0 bridgehead atoms. The Morgan fingerprint density at radius 2 is 2.25 bits per heavy atom. The average Bonchev–Trinajstić information content (AvgIpc) is 2.71. The van der Waals surface area contributed by atoms with Crippen LogP contribution in [0.1, 0.15) is 5.89 Å². The van der Waals surface area contributed by atoms with Gasteiger partial charge in [-0.3, -0.25) is 0 Å². The lowest BCUT2D eigenvalue weighted by Crippen LogP contribution is -2.02. The smallest absolute Gasteiger partial charge is 0.196 e. The number of oxazole rings is 1. The molecule has 0 saturated heterocycles. The number of benzene rings is 1. The predicted molar refractivity (Wildman–Crippen MR) is 59.7 cm³/mol. The second-order valence-electron chi connectivity index (χ2n) is 3.26. The van der Waals surface area contributed by atoms with Crippen molar-refractivity contribution in [1.29, 1.82) is 0 Å². The first-order chi connectivity index (χ1) is 7.72. The monoisotopic (exact) mass is 240 g/mol. The molecule has 1 heterocycles. The van der Waals surface area contributed by atoms with E-state index >= 15 is 0 Å². The zero-order valence-corrected chi connectivity index (χ0v) is 9.17. The number of hydrogen-bond acceptors (Lipinski definition) is 3. The minimum Gasteiger partial charge on any atom is -0.441 e. The molecule has 1 aromatic carbocycles. The number of nitrogens with two attached hydrogens (primary N) is 1. The molecule has 0 aliphatic rings. The molecule has 2 N–H and O–H groups in total. The van der Waals surface area contributed by atoms with Crippen LogP contribution in [0.15, 0.2) is 28.8 Å². The van der Waals surface area contributed by atoms with Gasteiger partial charge in [0.1, 0.15) is 5.82 Å². The molecule has 0 aliphatic carbocycles. The summed E-state index contributed by atoms with van der Waals surface area (Å²) in [5.74, 6) is 0.502. The maximum absolute atomic E-state index is 13.2. The standard InChI is InChI=1S/C11H10ClFN2O/c12-11-7(2-1-3-8(11)13)9-6-15-10(16-9)4-5-14/h1-3,6H,4-5,14H2. The minimum atomic E-state index is -0.476. The van der Waals surface area contributed by atoms with E-state index in [-0.39, 0.29) is 5.02 Å². The zero-order chi connectivity index (χ0) is 11.5. The quantitative estimate of drug-likeness (QED) is 0.897. The molecular weight excluding hydrogens is 231 g/mol. The van der Waals surface area contributed by atoms with Gasteiger partial charge in [0.15, 0.2) is 11.7 Å². The van der Waals surface area contributed by atoms with Crippen LogP contribution in [0.3, 0.4) is 0 Å². The van der Waals surface area contributed by atoms with Crippen LogP contribution < -0.4 is 5.73 Å². The van der Waals surface area contributed by atoms with Crippen LogP contribution >= 0.6 is 11.6 Å². The van der Waals surface area contributed by atoms with E-state index in [9.17, 15) is 4.39 Å². The van der Waals surface area contributed by atoms with Gasteiger partial charge in [0.25, 0.3) is 0 Å². The summed E-state index contributed by atoms with van der Waals surface area (Å²) >= 11 is 5.83. The molecule has 2 rings (SSSR count). The van der Waals surface area contributed by atoms with E-state index in [0.717, 1.165) is 0 Å². The van der Waals surface area contributed by atoms with Crippen molar-refractivity contribution in [2.75, 3.05) is 6.54 Å². The maximum Gasteiger partial charge on any atom is 0.196 e. The van der Waals surface area contributed by atoms with E-state index < -0.39 is 5.82 Å². The van der Waals surface area contributed by atoms with Gasteiger partial charge in [0.2, 0.25) is 0 Å². The summed E-state index contributed by atoms with van der Waals surface area (Å²) in [5, 5.41) is 0.0398. The van der Waals surface area contributed by atoms with Gasteiger partial charge in [-0.15, -0.1) is 0 Å². The van der Waals surface area contributed by atoms with E-state index in [0.29, 0.717) is 30.2 Å². The van der Waals surface area contributed by atoms with Crippen LogP contribution in [-0.4, -0.2) is 11.5 Å². The highest BCUT2D eigenvalue weighted by Crippen LogP contribution is 2.30. The summed E-state index contributed by atoms with van der Waals surface area (Å²) in [5.41, 5.74) is 5.87.